The van der Waals surface area contributed by atoms with Crippen LogP contribution in [0.5, 0.6) is 0 Å². The lowest BCUT2D eigenvalue weighted by Gasteiger charge is -2.09. The van der Waals surface area contributed by atoms with Crippen molar-refractivity contribution in [2.45, 2.75) is 6.92 Å². The fourth-order valence-electron chi connectivity index (χ4n) is 3.28. The minimum atomic E-state index is -0.419. The molecule has 4 rings (SSSR count). The van der Waals surface area contributed by atoms with Crippen LogP contribution in [0.4, 0.5) is 5.69 Å². The molecule has 0 aliphatic carbocycles. The molecule has 1 heterocycles. The van der Waals surface area contributed by atoms with E-state index in [9.17, 15) is 9.59 Å². The van der Waals surface area contributed by atoms with E-state index in [0.717, 1.165) is 22.6 Å². The first-order valence-electron chi connectivity index (χ1n) is 9.77. The molecule has 0 aliphatic rings. The largest absolute Gasteiger partial charge is 0.465 e. The van der Waals surface area contributed by atoms with E-state index in [1.165, 1.54) is 7.11 Å². The number of benzene rings is 3. The summed E-state index contributed by atoms with van der Waals surface area (Å²) in [6.07, 6.45) is 0. The molecule has 1 aromatic heterocycles. The Hall–Kier alpha value is -4.19. The van der Waals surface area contributed by atoms with Gasteiger partial charge in [0, 0.05) is 16.8 Å². The Balaban J connectivity index is 1.53. The minimum absolute atomic E-state index is 0.239. The summed E-state index contributed by atoms with van der Waals surface area (Å²) in [6.45, 7) is 1.95. The number of carbonyl (C=O) groups excluding carboxylic acids is 2. The van der Waals surface area contributed by atoms with Gasteiger partial charge in [0.05, 0.1) is 29.7 Å². The van der Waals surface area contributed by atoms with Gasteiger partial charge in [0.1, 0.15) is 0 Å². The van der Waals surface area contributed by atoms with Crippen molar-refractivity contribution >= 4 is 17.6 Å². The third kappa shape index (κ3) is 4.38. The summed E-state index contributed by atoms with van der Waals surface area (Å²) in [7, 11) is 1.33. The van der Waals surface area contributed by atoms with Gasteiger partial charge in [-0.1, -0.05) is 30.3 Å². The van der Waals surface area contributed by atoms with E-state index in [0.29, 0.717) is 16.8 Å². The van der Waals surface area contributed by atoms with E-state index in [4.69, 9.17) is 0 Å². The van der Waals surface area contributed by atoms with Crippen molar-refractivity contribution in [2.75, 3.05) is 12.4 Å². The fourth-order valence-corrected chi connectivity index (χ4v) is 3.28. The van der Waals surface area contributed by atoms with Crippen LogP contribution in [-0.4, -0.2) is 28.8 Å². The van der Waals surface area contributed by atoms with Crippen molar-refractivity contribution in [1.29, 1.82) is 0 Å². The van der Waals surface area contributed by atoms with Crippen LogP contribution in [0.2, 0.25) is 0 Å². The smallest absolute Gasteiger partial charge is 0.337 e. The third-order valence-corrected chi connectivity index (χ3v) is 4.84. The molecular formula is C25H21N3O3. The molecule has 6 nitrogen and oxygen atoms in total. The quantitative estimate of drug-likeness (QED) is 0.475. The molecule has 0 aliphatic heterocycles. The molecule has 3 aromatic carbocycles. The molecule has 0 spiro atoms. The number of aryl methyl sites for hydroxylation is 1. The predicted molar refractivity (Wildman–Crippen MR) is 119 cm³/mol. The SMILES string of the molecule is COC(=O)c1ccc(NC(=O)c2ccc(-n3nc(C)cc3-c3ccccc3)cc2)cc1. The molecule has 31 heavy (non-hydrogen) atoms. The summed E-state index contributed by atoms with van der Waals surface area (Å²) < 4.78 is 6.55. The second kappa shape index (κ2) is 8.67. The van der Waals surface area contributed by atoms with E-state index >= 15 is 0 Å². The van der Waals surface area contributed by atoms with Gasteiger partial charge in [0.15, 0.2) is 0 Å². The van der Waals surface area contributed by atoms with Crippen LogP contribution in [0.15, 0.2) is 84.9 Å². The van der Waals surface area contributed by atoms with Gasteiger partial charge >= 0.3 is 5.97 Å². The monoisotopic (exact) mass is 411 g/mol. The Morgan fingerprint density at radius 3 is 2.16 bits per heavy atom. The Morgan fingerprint density at radius 1 is 0.871 bits per heavy atom. The lowest BCUT2D eigenvalue weighted by molar-refractivity contribution is 0.0600. The molecule has 1 amide bonds. The maximum Gasteiger partial charge on any atom is 0.337 e. The first-order valence-corrected chi connectivity index (χ1v) is 9.77. The first-order chi connectivity index (χ1) is 15.0. The molecule has 0 radical (unpaired) electrons. The van der Waals surface area contributed by atoms with Gasteiger partial charge in [-0.05, 0) is 61.5 Å². The van der Waals surface area contributed by atoms with Gasteiger partial charge in [0.25, 0.3) is 5.91 Å². The van der Waals surface area contributed by atoms with Crippen LogP contribution < -0.4 is 5.32 Å². The highest BCUT2D eigenvalue weighted by molar-refractivity contribution is 6.04. The highest BCUT2D eigenvalue weighted by Gasteiger charge is 2.12. The maximum atomic E-state index is 12.6. The van der Waals surface area contributed by atoms with Crippen molar-refractivity contribution in [3.05, 3.63) is 102 Å². The zero-order valence-corrected chi connectivity index (χ0v) is 17.2. The molecule has 0 bridgehead atoms. The number of carbonyl (C=O) groups is 2. The number of nitrogens with one attached hydrogen (secondary N) is 1. The summed E-state index contributed by atoms with van der Waals surface area (Å²) in [5, 5.41) is 7.44. The van der Waals surface area contributed by atoms with Crippen LogP contribution in [0.25, 0.3) is 16.9 Å². The second-order valence-corrected chi connectivity index (χ2v) is 7.02. The van der Waals surface area contributed by atoms with Crippen LogP contribution in [0.3, 0.4) is 0 Å². The standard InChI is InChI=1S/C25H21N3O3/c1-17-16-23(18-6-4-3-5-7-18)28(27-17)22-14-10-19(11-15-22)24(29)26-21-12-8-20(9-13-21)25(30)31-2/h3-16H,1-2H3,(H,26,29). The number of esters is 1. The van der Waals surface area contributed by atoms with Crippen LogP contribution >= 0.6 is 0 Å². The average molecular weight is 411 g/mol. The average Bonchev–Trinajstić information content (AvgIpc) is 3.21. The zero-order chi connectivity index (χ0) is 21.8. The molecule has 4 aromatic rings. The van der Waals surface area contributed by atoms with E-state index in [1.54, 1.807) is 36.4 Å². The van der Waals surface area contributed by atoms with Crippen LogP contribution in [0.1, 0.15) is 26.4 Å². The van der Waals surface area contributed by atoms with Gasteiger partial charge in [-0.15, -0.1) is 0 Å². The lowest BCUT2D eigenvalue weighted by Crippen LogP contribution is -2.12. The van der Waals surface area contributed by atoms with Crippen molar-refractivity contribution in [3.8, 4) is 16.9 Å². The van der Waals surface area contributed by atoms with Crippen LogP contribution in [-0.2, 0) is 4.74 Å². The second-order valence-electron chi connectivity index (χ2n) is 7.02. The van der Waals surface area contributed by atoms with Gasteiger partial charge in [-0.3, -0.25) is 4.79 Å². The van der Waals surface area contributed by atoms with E-state index in [-0.39, 0.29) is 5.91 Å². The van der Waals surface area contributed by atoms with E-state index < -0.39 is 5.97 Å². The molecule has 154 valence electrons. The molecule has 6 heteroatoms. The van der Waals surface area contributed by atoms with Gasteiger partial charge in [0.2, 0.25) is 0 Å². The summed E-state index contributed by atoms with van der Waals surface area (Å²) in [5.41, 5.74) is 5.37. The maximum absolute atomic E-state index is 12.6. The first kappa shape index (κ1) is 20.1. The summed E-state index contributed by atoms with van der Waals surface area (Å²) in [6, 6.07) is 25.9. The molecule has 1 N–H and O–H groups in total. The molecule has 0 unspecified atom stereocenters. The van der Waals surface area contributed by atoms with Crippen molar-refractivity contribution in [2.24, 2.45) is 0 Å². The van der Waals surface area contributed by atoms with Crippen molar-refractivity contribution in [1.82, 2.24) is 9.78 Å². The normalized spacial score (nSPS) is 10.5. The lowest BCUT2D eigenvalue weighted by atomic mass is 10.1. The number of aromatic nitrogens is 2. The number of hydrogen-bond acceptors (Lipinski definition) is 4. The minimum Gasteiger partial charge on any atom is -0.465 e. The molecular weight excluding hydrogens is 390 g/mol. The Bertz CT molecular complexity index is 1210. The highest BCUT2D eigenvalue weighted by Crippen LogP contribution is 2.24. The fraction of sp³-hybridized carbons (Fsp3) is 0.0800. The molecule has 0 fully saturated rings. The summed E-state index contributed by atoms with van der Waals surface area (Å²) in [4.78, 5) is 24.1. The van der Waals surface area contributed by atoms with E-state index in [2.05, 4.69) is 15.2 Å². The number of hydrogen-bond donors (Lipinski definition) is 1. The molecule has 0 saturated carbocycles. The van der Waals surface area contributed by atoms with Gasteiger partial charge < -0.3 is 10.1 Å². The molecule has 0 atom stereocenters. The Kier molecular flexibility index (Phi) is 5.62. The van der Waals surface area contributed by atoms with Crippen molar-refractivity contribution < 1.29 is 14.3 Å². The number of amides is 1. The number of methoxy groups -OCH3 is 1. The summed E-state index contributed by atoms with van der Waals surface area (Å²) in [5.74, 6) is -0.658. The van der Waals surface area contributed by atoms with Gasteiger partial charge in [-0.25, -0.2) is 9.48 Å². The number of nitrogens with zero attached hydrogens (tertiary/aromatic N) is 2. The number of anilines is 1. The predicted octanol–water partition coefficient (Wildman–Crippen LogP) is 4.89. The highest BCUT2D eigenvalue weighted by atomic mass is 16.5. The zero-order valence-electron chi connectivity index (χ0n) is 17.2. The Morgan fingerprint density at radius 2 is 1.52 bits per heavy atom. The molecule has 0 saturated heterocycles. The van der Waals surface area contributed by atoms with E-state index in [1.807, 2.05) is 60.1 Å². The number of ether oxygens (including phenoxy) is 1. The topological polar surface area (TPSA) is 73.2 Å². The van der Waals surface area contributed by atoms with Crippen LogP contribution in [0, 0.1) is 6.92 Å². The van der Waals surface area contributed by atoms with Gasteiger partial charge in [-0.2, -0.15) is 5.10 Å². The number of rotatable bonds is 5. The summed E-state index contributed by atoms with van der Waals surface area (Å²) >= 11 is 0. The third-order valence-electron chi connectivity index (χ3n) is 4.84. The van der Waals surface area contributed by atoms with Crippen molar-refractivity contribution in [3.63, 3.8) is 0 Å². The Labute approximate surface area is 180 Å².